The van der Waals surface area contributed by atoms with Gasteiger partial charge in [-0.25, -0.2) is 14.0 Å². The standard InChI is InChI=1S/C17H24FNO2.C5H10O3/c1-17(2,3)21-16(20)19-9-5-7-14(12-19)10-13-6-4-8-15(18)11-13;1-3-8-5(6)4-7-2/h4,6,8,11,14H,5,7,9-10,12H2,1-3H3;3-4H2,1-2H3. The molecule has 1 amide bonds. The summed E-state index contributed by atoms with van der Waals surface area (Å²) in [5, 5.41) is 0. The highest BCUT2D eigenvalue weighted by Crippen LogP contribution is 2.23. The molecule has 1 aromatic rings. The monoisotopic (exact) mass is 411 g/mol. The Morgan fingerprint density at radius 1 is 1.28 bits per heavy atom. The second-order valence-electron chi connectivity index (χ2n) is 8.01. The maximum absolute atomic E-state index is 13.2. The molecule has 0 bridgehead atoms. The Hall–Kier alpha value is -2.15. The summed E-state index contributed by atoms with van der Waals surface area (Å²) in [5.41, 5.74) is 0.526. The smallest absolute Gasteiger partial charge is 0.410 e. The number of carbonyl (C=O) groups is 2. The molecule has 1 fully saturated rings. The number of likely N-dealkylation sites (tertiary alicyclic amines) is 1. The number of hydrogen-bond acceptors (Lipinski definition) is 5. The fourth-order valence-corrected chi connectivity index (χ4v) is 3.04. The van der Waals surface area contributed by atoms with Crippen LogP contribution in [0.3, 0.4) is 0 Å². The quantitative estimate of drug-likeness (QED) is 0.679. The summed E-state index contributed by atoms with van der Waals surface area (Å²) in [7, 11) is 1.46. The van der Waals surface area contributed by atoms with E-state index >= 15 is 0 Å². The van der Waals surface area contributed by atoms with E-state index in [4.69, 9.17) is 4.74 Å². The molecule has 164 valence electrons. The predicted molar refractivity (Wildman–Crippen MR) is 109 cm³/mol. The van der Waals surface area contributed by atoms with Gasteiger partial charge >= 0.3 is 12.1 Å². The fourth-order valence-electron chi connectivity index (χ4n) is 3.04. The number of amides is 1. The van der Waals surface area contributed by atoms with E-state index in [1.165, 1.54) is 13.2 Å². The number of carbonyl (C=O) groups excluding carboxylic acids is 2. The average molecular weight is 412 g/mol. The van der Waals surface area contributed by atoms with Crippen LogP contribution in [0.25, 0.3) is 0 Å². The maximum atomic E-state index is 13.2. The van der Waals surface area contributed by atoms with Crippen LogP contribution < -0.4 is 0 Å². The molecule has 1 aromatic carbocycles. The summed E-state index contributed by atoms with van der Waals surface area (Å²) in [6, 6.07) is 6.71. The molecule has 1 aliphatic heterocycles. The van der Waals surface area contributed by atoms with Gasteiger partial charge in [0.2, 0.25) is 0 Å². The third-order valence-electron chi connectivity index (χ3n) is 4.15. The Morgan fingerprint density at radius 3 is 2.59 bits per heavy atom. The van der Waals surface area contributed by atoms with E-state index in [2.05, 4.69) is 9.47 Å². The highest BCUT2D eigenvalue weighted by molar-refractivity contribution is 5.70. The summed E-state index contributed by atoms with van der Waals surface area (Å²) in [4.78, 5) is 24.2. The van der Waals surface area contributed by atoms with Crippen LogP contribution in [-0.4, -0.2) is 56.0 Å². The zero-order valence-corrected chi connectivity index (χ0v) is 18.2. The van der Waals surface area contributed by atoms with Crippen molar-refractivity contribution in [2.75, 3.05) is 33.4 Å². The molecule has 6 nitrogen and oxygen atoms in total. The molecule has 7 heteroatoms. The van der Waals surface area contributed by atoms with E-state index in [-0.39, 0.29) is 24.5 Å². The number of benzene rings is 1. The number of rotatable bonds is 5. The van der Waals surface area contributed by atoms with Crippen LogP contribution in [0.5, 0.6) is 0 Å². The minimum absolute atomic E-state index is 0.0494. The van der Waals surface area contributed by atoms with Gasteiger partial charge in [0.25, 0.3) is 0 Å². The van der Waals surface area contributed by atoms with Crippen molar-refractivity contribution in [3.05, 3.63) is 35.6 Å². The van der Waals surface area contributed by atoms with Gasteiger partial charge in [0.15, 0.2) is 0 Å². The van der Waals surface area contributed by atoms with E-state index in [0.717, 1.165) is 31.4 Å². The Bertz CT molecular complexity index is 636. The normalized spacial score (nSPS) is 16.5. The number of ether oxygens (including phenoxy) is 3. The van der Waals surface area contributed by atoms with Gasteiger partial charge in [0.1, 0.15) is 18.0 Å². The van der Waals surface area contributed by atoms with Gasteiger partial charge in [-0.3, -0.25) is 0 Å². The van der Waals surface area contributed by atoms with Gasteiger partial charge < -0.3 is 19.1 Å². The molecule has 1 atom stereocenters. The van der Waals surface area contributed by atoms with Crippen LogP contribution in [0.2, 0.25) is 0 Å². The summed E-state index contributed by atoms with van der Waals surface area (Å²) < 4.78 is 27.6. The Labute approximate surface area is 173 Å². The van der Waals surface area contributed by atoms with Crippen LogP contribution in [0.15, 0.2) is 24.3 Å². The second kappa shape index (κ2) is 12.4. The fraction of sp³-hybridized carbons (Fsp3) is 0.636. The van der Waals surface area contributed by atoms with Crippen LogP contribution >= 0.6 is 0 Å². The number of hydrogen-bond donors (Lipinski definition) is 0. The van der Waals surface area contributed by atoms with Crippen LogP contribution in [-0.2, 0) is 25.4 Å². The van der Waals surface area contributed by atoms with Crippen molar-refractivity contribution in [1.29, 1.82) is 0 Å². The lowest BCUT2D eigenvalue weighted by atomic mass is 9.91. The van der Waals surface area contributed by atoms with Crippen molar-refractivity contribution >= 4 is 12.1 Å². The van der Waals surface area contributed by atoms with Gasteiger partial charge in [-0.2, -0.15) is 0 Å². The van der Waals surface area contributed by atoms with Crippen molar-refractivity contribution in [3.8, 4) is 0 Å². The second-order valence-corrected chi connectivity index (χ2v) is 8.01. The van der Waals surface area contributed by atoms with E-state index in [0.29, 0.717) is 19.1 Å². The number of nitrogens with zero attached hydrogens (tertiary/aromatic N) is 1. The van der Waals surface area contributed by atoms with Crippen molar-refractivity contribution < 1.29 is 28.2 Å². The first-order chi connectivity index (χ1) is 13.6. The molecule has 0 aromatic heterocycles. The first-order valence-electron chi connectivity index (χ1n) is 10.0. The molecule has 0 radical (unpaired) electrons. The maximum Gasteiger partial charge on any atom is 0.410 e. The van der Waals surface area contributed by atoms with Crippen molar-refractivity contribution in [3.63, 3.8) is 0 Å². The SMILES string of the molecule is CC(C)(C)OC(=O)N1CCCC(Cc2cccc(F)c2)C1.CCOC(=O)COC. The molecule has 0 aliphatic carbocycles. The van der Waals surface area contributed by atoms with Crippen LogP contribution in [0.4, 0.5) is 9.18 Å². The molecule has 1 heterocycles. The largest absolute Gasteiger partial charge is 0.464 e. The van der Waals surface area contributed by atoms with E-state index < -0.39 is 5.60 Å². The van der Waals surface area contributed by atoms with E-state index in [1.54, 1.807) is 24.0 Å². The lowest BCUT2D eigenvalue weighted by Crippen LogP contribution is -2.43. The Kier molecular flexibility index (Phi) is 10.7. The molecule has 1 saturated heterocycles. The number of piperidine rings is 1. The lowest BCUT2D eigenvalue weighted by molar-refractivity contribution is -0.147. The average Bonchev–Trinajstić information content (AvgIpc) is 2.61. The zero-order valence-electron chi connectivity index (χ0n) is 18.2. The van der Waals surface area contributed by atoms with E-state index in [9.17, 15) is 14.0 Å². The molecule has 0 spiro atoms. The minimum atomic E-state index is -0.466. The molecular weight excluding hydrogens is 377 g/mol. The lowest BCUT2D eigenvalue weighted by Gasteiger charge is -2.34. The topological polar surface area (TPSA) is 65.1 Å². The predicted octanol–water partition coefficient (Wildman–Crippen LogP) is 4.21. The molecule has 29 heavy (non-hydrogen) atoms. The molecule has 2 rings (SSSR count). The van der Waals surface area contributed by atoms with Crippen molar-refractivity contribution in [1.82, 2.24) is 4.90 Å². The molecule has 0 saturated carbocycles. The highest BCUT2D eigenvalue weighted by Gasteiger charge is 2.27. The Balaban J connectivity index is 0.000000447. The van der Waals surface area contributed by atoms with Crippen LogP contribution in [0, 0.1) is 11.7 Å². The third-order valence-corrected chi connectivity index (χ3v) is 4.15. The van der Waals surface area contributed by atoms with Gasteiger partial charge in [0.05, 0.1) is 6.61 Å². The Morgan fingerprint density at radius 2 is 2.00 bits per heavy atom. The molecule has 1 aliphatic rings. The first kappa shape index (κ1) is 24.9. The third kappa shape index (κ3) is 10.8. The summed E-state index contributed by atoms with van der Waals surface area (Å²) in [6.07, 6.45) is 2.60. The summed E-state index contributed by atoms with van der Waals surface area (Å²) in [6.45, 7) is 9.28. The van der Waals surface area contributed by atoms with Crippen molar-refractivity contribution in [2.24, 2.45) is 5.92 Å². The zero-order chi connectivity index (χ0) is 21.9. The van der Waals surface area contributed by atoms with Gasteiger partial charge in [-0.15, -0.1) is 0 Å². The highest BCUT2D eigenvalue weighted by atomic mass is 19.1. The molecular formula is C22H34FNO5. The van der Waals surface area contributed by atoms with Crippen LogP contribution in [0.1, 0.15) is 46.1 Å². The van der Waals surface area contributed by atoms with Crippen molar-refractivity contribution in [2.45, 2.75) is 52.6 Å². The minimum Gasteiger partial charge on any atom is -0.464 e. The van der Waals surface area contributed by atoms with E-state index in [1.807, 2.05) is 26.8 Å². The van der Waals surface area contributed by atoms with Gasteiger partial charge in [-0.1, -0.05) is 12.1 Å². The van der Waals surface area contributed by atoms with Gasteiger partial charge in [-0.05, 0) is 70.6 Å². The first-order valence-corrected chi connectivity index (χ1v) is 10.0. The molecule has 0 N–H and O–H groups in total. The molecule has 1 unspecified atom stereocenters. The number of methoxy groups -OCH3 is 1. The van der Waals surface area contributed by atoms with Gasteiger partial charge in [0, 0.05) is 20.2 Å². The number of esters is 1. The summed E-state index contributed by atoms with van der Waals surface area (Å²) >= 11 is 0. The number of halogens is 1. The summed E-state index contributed by atoms with van der Waals surface area (Å²) in [5.74, 6) is -0.143.